The number of pyridine rings is 1. The largest absolute Gasteiger partial charge is 0.381 e. The molecule has 0 spiro atoms. The molecule has 0 aromatic carbocycles. The Morgan fingerprint density at radius 2 is 2.14 bits per heavy atom. The van der Waals surface area contributed by atoms with Gasteiger partial charge in [-0.25, -0.2) is 0 Å². The Morgan fingerprint density at radius 3 is 2.93 bits per heavy atom. The van der Waals surface area contributed by atoms with Crippen molar-refractivity contribution in [3.63, 3.8) is 0 Å². The number of guanidine groups is 1. The van der Waals surface area contributed by atoms with Gasteiger partial charge in [0.1, 0.15) is 5.82 Å². The van der Waals surface area contributed by atoms with Gasteiger partial charge in [-0.05, 0) is 31.4 Å². The summed E-state index contributed by atoms with van der Waals surface area (Å²) in [6, 6.07) is 5.93. The maximum Gasteiger partial charge on any atom is 0.190 e. The van der Waals surface area contributed by atoms with Crippen LogP contribution in [-0.4, -0.2) is 67.1 Å². The van der Waals surface area contributed by atoms with Crippen LogP contribution in [0, 0.1) is 5.92 Å². The summed E-state index contributed by atoms with van der Waals surface area (Å²) >= 11 is 0. The van der Waals surface area contributed by atoms with Gasteiger partial charge in [0.05, 0.1) is 13.2 Å². The molecule has 0 bridgehead atoms. The average molecular weight is 502 g/mol. The van der Waals surface area contributed by atoms with E-state index in [9.17, 15) is 0 Å². The zero-order valence-corrected chi connectivity index (χ0v) is 18.8. The fraction of sp³-hybridized carbons (Fsp3) is 0.632. The van der Waals surface area contributed by atoms with E-state index in [1.807, 2.05) is 28.8 Å². The number of ether oxygens (including phenoxy) is 2. The summed E-state index contributed by atoms with van der Waals surface area (Å²) in [5.74, 6) is 2.39. The van der Waals surface area contributed by atoms with Crippen molar-refractivity contribution in [3.05, 3.63) is 30.2 Å². The van der Waals surface area contributed by atoms with E-state index in [0.717, 1.165) is 82.6 Å². The predicted octanol–water partition coefficient (Wildman–Crippen LogP) is 1.89. The first-order valence-electron chi connectivity index (χ1n) is 9.75. The summed E-state index contributed by atoms with van der Waals surface area (Å²) in [7, 11) is 1.79. The molecule has 0 saturated carbocycles. The maximum atomic E-state index is 5.71. The quantitative estimate of drug-likeness (QED) is 0.224. The zero-order valence-electron chi connectivity index (χ0n) is 16.5. The molecule has 1 aliphatic heterocycles. The number of nitrogens with one attached hydrogen (secondary N) is 2. The Hall–Kier alpha value is -1.46. The maximum absolute atomic E-state index is 5.71. The van der Waals surface area contributed by atoms with Crippen molar-refractivity contribution in [2.75, 3.05) is 46.6 Å². The zero-order chi connectivity index (χ0) is 18.7. The molecule has 1 unspecified atom stereocenters. The third-order valence-corrected chi connectivity index (χ3v) is 4.61. The highest BCUT2D eigenvalue weighted by atomic mass is 127. The minimum atomic E-state index is 0. The minimum absolute atomic E-state index is 0. The molecular weight excluding hydrogens is 471 g/mol. The number of aromatic nitrogens is 3. The standard InChI is InChI=1S/C19H30N6O2.HI/c1-20-19(22-10-5-12-26-14-16-8-13-27-15-16)21-9-4-7-18-24-23-17-6-2-3-11-25(17)18;/h2-3,6,11,16H,4-5,7-10,12-15H2,1H3,(H2,20,21,22);1H. The van der Waals surface area contributed by atoms with Gasteiger partial charge in [-0.1, -0.05) is 6.07 Å². The molecule has 1 atom stereocenters. The first-order chi connectivity index (χ1) is 13.4. The second kappa shape index (κ2) is 12.9. The first-order valence-corrected chi connectivity index (χ1v) is 9.75. The highest BCUT2D eigenvalue weighted by molar-refractivity contribution is 14.0. The Kier molecular flexibility index (Phi) is 10.5. The van der Waals surface area contributed by atoms with Gasteiger partial charge in [-0.2, -0.15) is 0 Å². The van der Waals surface area contributed by atoms with Crippen molar-refractivity contribution in [2.24, 2.45) is 10.9 Å². The number of hydrogen-bond donors (Lipinski definition) is 2. The van der Waals surface area contributed by atoms with E-state index in [1.54, 1.807) is 7.05 Å². The molecule has 8 nitrogen and oxygen atoms in total. The number of fused-ring (bicyclic) bond motifs is 1. The second-order valence-electron chi connectivity index (χ2n) is 6.73. The van der Waals surface area contributed by atoms with Gasteiger partial charge in [-0.15, -0.1) is 34.2 Å². The predicted molar refractivity (Wildman–Crippen MR) is 120 cm³/mol. The van der Waals surface area contributed by atoms with Gasteiger partial charge in [0.2, 0.25) is 0 Å². The van der Waals surface area contributed by atoms with E-state index in [1.165, 1.54) is 0 Å². The number of rotatable bonds is 10. The molecular formula is C19H31IN6O2. The molecule has 0 amide bonds. The lowest BCUT2D eigenvalue weighted by Gasteiger charge is -2.12. The van der Waals surface area contributed by atoms with E-state index >= 15 is 0 Å². The summed E-state index contributed by atoms with van der Waals surface area (Å²) in [6.07, 6.45) is 5.91. The highest BCUT2D eigenvalue weighted by Crippen LogP contribution is 2.12. The molecule has 9 heteroatoms. The molecule has 0 aliphatic carbocycles. The van der Waals surface area contributed by atoms with Gasteiger partial charge >= 0.3 is 0 Å². The van der Waals surface area contributed by atoms with Crippen LogP contribution in [0.3, 0.4) is 0 Å². The van der Waals surface area contributed by atoms with Crippen LogP contribution in [-0.2, 0) is 15.9 Å². The van der Waals surface area contributed by atoms with Crippen molar-refractivity contribution in [1.82, 2.24) is 25.2 Å². The van der Waals surface area contributed by atoms with E-state index in [-0.39, 0.29) is 24.0 Å². The molecule has 2 aromatic rings. The first kappa shape index (κ1) is 22.8. The van der Waals surface area contributed by atoms with Crippen LogP contribution in [0.4, 0.5) is 0 Å². The Bertz CT molecular complexity index is 717. The van der Waals surface area contributed by atoms with Crippen LogP contribution >= 0.6 is 24.0 Å². The van der Waals surface area contributed by atoms with Crippen LogP contribution in [0.1, 0.15) is 25.1 Å². The minimum Gasteiger partial charge on any atom is -0.381 e. The van der Waals surface area contributed by atoms with E-state index in [2.05, 4.69) is 25.8 Å². The molecule has 0 radical (unpaired) electrons. The fourth-order valence-corrected chi connectivity index (χ4v) is 3.08. The second-order valence-corrected chi connectivity index (χ2v) is 6.73. The summed E-state index contributed by atoms with van der Waals surface area (Å²) in [5.41, 5.74) is 0.889. The number of hydrogen-bond acceptors (Lipinski definition) is 5. The third kappa shape index (κ3) is 7.17. The van der Waals surface area contributed by atoms with Gasteiger partial charge in [0.15, 0.2) is 11.6 Å². The summed E-state index contributed by atoms with van der Waals surface area (Å²) in [4.78, 5) is 4.26. The topological polar surface area (TPSA) is 85.1 Å². The number of aliphatic imine (C=N–C) groups is 1. The SMILES string of the molecule is CN=C(NCCCOCC1CCOC1)NCCCc1nnc2ccccn12.I. The molecule has 3 heterocycles. The van der Waals surface area contributed by atoms with Crippen LogP contribution in [0.25, 0.3) is 5.65 Å². The van der Waals surface area contributed by atoms with Crippen LogP contribution in [0.5, 0.6) is 0 Å². The lowest BCUT2D eigenvalue weighted by Crippen LogP contribution is -2.38. The van der Waals surface area contributed by atoms with Crippen LogP contribution in [0.2, 0.25) is 0 Å². The number of halogens is 1. The molecule has 1 saturated heterocycles. The van der Waals surface area contributed by atoms with Gasteiger partial charge < -0.3 is 20.1 Å². The van der Waals surface area contributed by atoms with Crippen molar-refractivity contribution < 1.29 is 9.47 Å². The third-order valence-electron chi connectivity index (χ3n) is 4.61. The van der Waals surface area contributed by atoms with E-state index in [0.29, 0.717) is 5.92 Å². The smallest absolute Gasteiger partial charge is 0.190 e. The number of aryl methyl sites for hydroxylation is 1. The molecule has 3 rings (SSSR count). The lowest BCUT2D eigenvalue weighted by atomic mass is 10.1. The molecule has 2 N–H and O–H groups in total. The van der Waals surface area contributed by atoms with Gasteiger partial charge in [-0.3, -0.25) is 9.39 Å². The summed E-state index contributed by atoms with van der Waals surface area (Å²) in [6.45, 7) is 4.98. The highest BCUT2D eigenvalue weighted by Gasteiger charge is 2.15. The Labute approximate surface area is 183 Å². The fourth-order valence-electron chi connectivity index (χ4n) is 3.08. The van der Waals surface area contributed by atoms with Crippen LogP contribution in [0.15, 0.2) is 29.4 Å². The molecule has 1 fully saturated rings. The van der Waals surface area contributed by atoms with E-state index < -0.39 is 0 Å². The molecule has 2 aromatic heterocycles. The Balaban J connectivity index is 0.00000280. The van der Waals surface area contributed by atoms with Crippen molar-refractivity contribution in [3.8, 4) is 0 Å². The average Bonchev–Trinajstić information content (AvgIpc) is 3.36. The summed E-state index contributed by atoms with van der Waals surface area (Å²) < 4.78 is 13.1. The van der Waals surface area contributed by atoms with Crippen LogP contribution < -0.4 is 10.6 Å². The Morgan fingerprint density at radius 1 is 1.29 bits per heavy atom. The number of nitrogens with zero attached hydrogens (tertiary/aromatic N) is 4. The van der Waals surface area contributed by atoms with Gasteiger partial charge in [0, 0.05) is 51.9 Å². The molecule has 156 valence electrons. The monoisotopic (exact) mass is 502 g/mol. The van der Waals surface area contributed by atoms with Crippen molar-refractivity contribution in [1.29, 1.82) is 0 Å². The summed E-state index contributed by atoms with van der Waals surface area (Å²) in [5, 5.41) is 15.1. The molecule has 1 aliphatic rings. The van der Waals surface area contributed by atoms with Crippen molar-refractivity contribution in [2.45, 2.75) is 25.7 Å². The molecule has 28 heavy (non-hydrogen) atoms. The van der Waals surface area contributed by atoms with Gasteiger partial charge in [0.25, 0.3) is 0 Å². The van der Waals surface area contributed by atoms with E-state index in [4.69, 9.17) is 9.47 Å². The lowest BCUT2D eigenvalue weighted by molar-refractivity contribution is 0.0888. The normalized spacial score (nSPS) is 16.9. The van der Waals surface area contributed by atoms with Crippen molar-refractivity contribution >= 4 is 35.6 Å².